The number of nitrogens with zero attached hydrogens (tertiary/aromatic N) is 1. The molecule has 31 heavy (non-hydrogen) atoms. The van der Waals surface area contributed by atoms with Crippen molar-refractivity contribution < 1.29 is 17.9 Å². The molecule has 1 heterocycles. The second kappa shape index (κ2) is 11.2. The quantitative estimate of drug-likeness (QED) is 0.342. The zero-order chi connectivity index (χ0) is 23.2. The molecular weight excluding hydrogens is 399 g/mol. The molecule has 174 valence electrons. The van der Waals surface area contributed by atoms with Crippen LogP contribution in [-0.4, -0.2) is 18.1 Å². The van der Waals surface area contributed by atoms with Crippen LogP contribution < -0.4 is 4.74 Å². The summed E-state index contributed by atoms with van der Waals surface area (Å²) in [6.45, 7) is 13.5. The van der Waals surface area contributed by atoms with Gasteiger partial charge in [-0.25, -0.2) is 0 Å². The highest BCUT2D eigenvalue weighted by Gasteiger charge is 2.33. The van der Waals surface area contributed by atoms with E-state index >= 15 is 0 Å². The molecule has 0 N–H and O–H groups in total. The van der Waals surface area contributed by atoms with Gasteiger partial charge in [-0.15, -0.1) is 13.2 Å². The third-order valence-electron chi connectivity index (χ3n) is 6.60. The number of halogens is 3. The zero-order valence-electron chi connectivity index (χ0n) is 19.8. The number of benzene rings is 1. The first-order valence-electron chi connectivity index (χ1n) is 11.7. The summed E-state index contributed by atoms with van der Waals surface area (Å²) in [5.41, 5.74) is 3.01. The van der Waals surface area contributed by atoms with Gasteiger partial charge in [0.25, 0.3) is 0 Å². The van der Waals surface area contributed by atoms with E-state index in [0.717, 1.165) is 17.2 Å². The second-order valence-corrected chi connectivity index (χ2v) is 9.33. The highest BCUT2D eigenvalue weighted by Crippen LogP contribution is 2.37. The Morgan fingerprint density at radius 1 is 0.968 bits per heavy atom. The molecule has 4 unspecified atom stereocenters. The zero-order valence-corrected chi connectivity index (χ0v) is 19.8. The van der Waals surface area contributed by atoms with E-state index in [4.69, 9.17) is 4.99 Å². The van der Waals surface area contributed by atoms with Gasteiger partial charge in [0.1, 0.15) is 5.75 Å². The number of alkyl halides is 3. The minimum absolute atomic E-state index is 0.134. The van der Waals surface area contributed by atoms with Gasteiger partial charge in [-0.2, -0.15) is 0 Å². The van der Waals surface area contributed by atoms with E-state index in [0.29, 0.717) is 17.8 Å². The highest BCUT2D eigenvalue weighted by atomic mass is 19.4. The van der Waals surface area contributed by atoms with E-state index in [9.17, 15) is 13.2 Å². The van der Waals surface area contributed by atoms with Gasteiger partial charge in [0, 0.05) is 0 Å². The Hall–Kier alpha value is -1.78. The lowest BCUT2D eigenvalue weighted by Gasteiger charge is -2.31. The van der Waals surface area contributed by atoms with E-state index in [1.807, 2.05) is 0 Å². The largest absolute Gasteiger partial charge is 0.573 e. The van der Waals surface area contributed by atoms with Gasteiger partial charge < -0.3 is 4.74 Å². The Kier molecular flexibility index (Phi) is 9.20. The maximum absolute atomic E-state index is 12.4. The molecule has 1 aromatic carbocycles. The van der Waals surface area contributed by atoms with Crippen LogP contribution in [0.4, 0.5) is 13.2 Å². The first-order valence-corrected chi connectivity index (χ1v) is 11.7. The lowest BCUT2D eigenvalue weighted by molar-refractivity contribution is -0.274. The molecule has 0 saturated heterocycles. The van der Waals surface area contributed by atoms with Crippen molar-refractivity contribution in [3.05, 3.63) is 41.5 Å². The smallest absolute Gasteiger partial charge is 0.406 e. The third kappa shape index (κ3) is 7.40. The molecular formula is C26H38F3NO. The summed E-state index contributed by atoms with van der Waals surface area (Å²) in [5, 5.41) is 0. The van der Waals surface area contributed by atoms with Gasteiger partial charge in [0.15, 0.2) is 0 Å². The van der Waals surface area contributed by atoms with Gasteiger partial charge >= 0.3 is 6.36 Å². The monoisotopic (exact) mass is 437 g/mol. The molecule has 0 radical (unpaired) electrons. The number of hydrogen-bond donors (Lipinski definition) is 0. The Morgan fingerprint density at radius 2 is 1.61 bits per heavy atom. The molecule has 0 fully saturated rings. The van der Waals surface area contributed by atoms with Gasteiger partial charge in [-0.05, 0) is 71.6 Å². The summed E-state index contributed by atoms with van der Waals surface area (Å²) in [5.74, 6) is 1.96. The number of rotatable bonds is 11. The fourth-order valence-corrected chi connectivity index (χ4v) is 4.42. The van der Waals surface area contributed by atoms with Crippen LogP contribution in [0.2, 0.25) is 0 Å². The maximum Gasteiger partial charge on any atom is 0.573 e. The Labute approximate surface area is 186 Å². The maximum atomic E-state index is 12.4. The van der Waals surface area contributed by atoms with E-state index in [2.05, 4.69) is 52.4 Å². The van der Waals surface area contributed by atoms with Gasteiger partial charge in [-0.3, -0.25) is 4.99 Å². The fraction of sp³-hybridized carbons (Fsp3) is 0.654. The molecule has 2 nitrogen and oxygen atoms in total. The van der Waals surface area contributed by atoms with E-state index in [1.54, 1.807) is 12.1 Å². The summed E-state index contributed by atoms with van der Waals surface area (Å²) in [4.78, 5) is 5.08. The van der Waals surface area contributed by atoms with Crippen LogP contribution in [0.1, 0.15) is 79.2 Å². The van der Waals surface area contributed by atoms with Crippen molar-refractivity contribution in [3.63, 3.8) is 0 Å². The highest BCUT2D eigenvalue weighted by molar-refractivity contribution is 6.10. The number of hydrogen-bond acceptors (Lipinski definition) is 2. The van der Waals surface area contributed by atoms with Crippen molar-refractivity contribution in [2.75, 3.05) is 0 Å². The first kappa shape index (κ1) is 25.5. The number of aliphatic imine (C=N–C) groups is 1. The average molecular weight is 438 g/mol. The average Bonchev–Trinajstić information content (AvgIpc) is 3.15. The predicted molar refractivity (Wildman–Crippen MR) is 123 cm³/mol. The lowest BCUT2D eigenvalue weighted by atomic mass is 9.77. The van der Waals surface area contributed by atoms with Gasteiger partial charge in [-0.1, -0.05) is 67.2 Å². The molecule has 1 aromatic rings. The molecule has 1 aliphatic heterocycles. The van der Waals surface area contributed by atoms with Crippen LogP contribution in [0.3, 0.4) is 0 Å². The van der Waals surface area contributed by atoms with Crippen LogP contribution >= 0.6 is 0 Å². The standard InChI is InChI=1S/C26H38F3NO/c1-7-9-20(11-10-18(5)8-2)19(6)25-23(17(3)4)16-24(30-25)21-12-14-22(15-13-21)31-26(27,28)29/h12-20,25H,7-11H2,1-6H3. The summed E-state index contributed by atoms with van der Waals surface area (Å²) >= 11 is 0. The van der Waals surface area contributed by atoms with Crippen molar-refractivity contribution in [2.45, 2.75) is 86.1 Å². The molecule has 2 rings (SSSR count). The molecule has 0 amide bonds. The Morgan fingerprint density at radius 3 is 2.13 bits per heavy atom. The van der Waals surface area contributed by atoms with Crippen LogP contribution in [0.5, 0.6) is 5.75 Å². The van der Waals surface area contributed by atoms with Crippen molar-refractivity contribution in [1.82, 2.24) is 0 Å². The molecule has 1 aliphatic rings. The minimum atomic E-state index is -4.68. The Bertz CT molecular complexity index is 749. The van der Waals surface area contributed by atoms with E-state index < -0.39 is 6.36 Å². The Balaban J connectivity index is 2.23. The number of allylic oxidation sites excluding steroid dienone is 1. The van der Waals surface area contributed by atoms with Crippen molar-refractivity contribution >= 4 is 5.71 Å². The summed E-state index contributed by atoms with van der Waals surface area (Å²) in [6.07, 6.45) is 3.51. The molecule has 0 bridgehead atoms. The van der Waals surface area contributed by atoms with E-state index in [-0.39, 0.29) is 11.8 Å². The van der Waals surface area contributed by atoms with Gasteiger partial charge in [0.2, 0.25) is 0 Å². The molecule has 0 saturated carbocycles. The SMILES string of the molecule is CCCC(CCC(C)CC)C(C)C1N=C(c2ccc(OC(F)(F)F)cc2)C=C1C(C)C. The van der Waals surface area contributed by atoms with Gasteiger partial charge in [0.05, 0.1) is 11.8 Å². The van der Waals surface area contributed by atoms with E-state index in [1.165, 1.54) is 49.8 Å². The lowest BCUT2D eigenvalue weighted by Crippen LogP contribution is -2.27. The first-order chi connectivity index (χ1) is 14.6. The second-order valence-electron chi connectivity index (χ2n) is 9.33. The summed E-state index contributed by atoms with van der Waals surface area (Å²) < 4.78 is 41.3. The third-order valence-corrected chi connectivity index (χ3v) is 6.60. The summed E-state index contributed by atoms with van der Waals surface area (Å²) in [7, 11) is 0. The summed E-state index contributed by atoms with van der Waals surface area (Å²) in [6, 6.07) is 6.17. The predicted octanol–water partition coefficient (Wildman–Crippen LogP) is 8.22. The van der Waals surface area contributed by atoms with Crippen LogP contribution in [0, 0.1) is 23.7 Å². The topological polar surface area (TPSA) is 21.6 Å². The van der Waals surface area contributed by atoms with Crippen molar-refractivity contribution in [2.24, 2.45) is 28.7 Å². The molecule has 0 spiro atoms. The van der Waals surface area contributed by atoms with Crippen molar-refractivity contribution in [1.29, 1.82) is 0 Å². The van der Waals surface area contributed by atoms with Crippen LogP contribution in [-0.2, 0) is 0 Å². The molecule has 5 heteroatoms. The van der Waals surface area contributed by atoms with Crippen LogP contribution in [0.15, 0.2) is 40.9 Å². The molecule has 4 atom stereocenters. The van der Waals surface area contributed by atoms with Crippen LogP contribution in [0.25, 0.3) is 0 Å². The normalized spacial score (nSPS) is 19.7. The van der Waals surface area contributed by atoms with Crippen molar-refractivity contribution in [3.8, 4) is 5.75 Å². The molecule has 0 aliphatic carbocycles. The number of ether oxygens (including phenoxy) is 1. The molecule has 0 aromatic heterocycles. The minimum Gasteiger partial charge on any atom is -0.406 e. The fourth-order valence-electron chi connectivity index (χ4n) is 4.42.